The molecule has 128 valence electrons. The van der Waals surface area contributed by atoms with Crippen molar-refractivity contribution in [1.29, 1.82) is 0 Å². The lowest BCUT2D eigenvalue weighted by molar-refractivity contribution is -0.255. The molecule has 0 saturated heterocycles. The van der Waals surface area contributed by atoms with Crippen LogP contribution in [0.3, 0.4) is 0 Å². The van der Waals surface area contributed by atoms with Crippen LogP contribution in [-0.4, -0.2) is 21.0 Å². The lowest BCUT2D eigenvalue weighted by Gasteiger charge is -2.17. The van der Waals surface area contributed by atoms with E-state index in [1.165, 1.54) is 21.7 Å². The zero-order valence-electron chi connectivity index (χ0n) is 13.7. The molecule has 3 aromatic rings. The summed E-state index contributed by atoms with van der Waals surface area (Å²) in [5.41, 5.74) is 1.91. The number of aryl methyl sites for hydroxylation is 1. The second kappa shape index (κ2) is 6.07. The minimum Gasteiger partial charge on any atom is -0.545 e. The van der Waals surface area contributed by atoms with Crippen LogP contribution in [0.1, 0.15) is 39.7 Å². The topological polar surface area (TPSA) is 87.9 Å². The highest BCUT2D eigenvalue weighted by atomic mass is 32.1. The first kappa shape index (κ1) is 16.0. The quantitative estimate of drug-likeness (QED) is 0.709. The van der Waals surface area contributed by atoms with Crippen molar-refractivity contribution in [1.82, 2.24) is 15.0 Å². The Labute approximate surface area is 147 Å². The van der Waals surface area contributed by atoms with Crippen molar-refractivity contribution in [2.45, 2.75) is 32.7 Å². The molecular weight excluding hydrogens is 338 g/mol. The maximum atomic E-state index is 12.9. The number of carboxylic acids is 1. The van der Waals surface area contributed by atoms with Crippen molar-refractivity contribution in [2.24, 2.45) is 5.92 Å². The lowest BCUT2D eigenvalue weighted by Crippen LogP contribution is -2.25. The van der Waals surface area contributed by atoms with E-state index in [9.17, 15) is 14.7 Å². The number of nitrogens with zero attached hydrogens (tertiary/aromatic N) is 3. The molecule has 4 rings (SSSR count). The van der Waals surface area contributed by atoms with E-state index in [1.54, 1.807) is 23.5 Å². The highest BCUT2D eigenvalue weighted by molar-refractivity contribution is 7.18. The van der Waals surface area contributed by atoms with E-state index >= 15 is 0 Å². The third kappa shape index (κ3) is 2.84. The van der Waals surface area contributed by atoms with E-state index in [0.717, 1.165) is 30.4 Å². The van der Waals surface area contributed by atoms with Gasteiger partial charge in [0, 0.05) is 4.88 Å². The Morgan fingerprint density at radius 1 is 1.36 bits per heavy atom. The molecule has 0 amide bonds. The predicted octanol–water partition coefficient (Wildman–Crippen LogP) is 1.39. The number of fused-ring (bicyclic) bond motifs is 3. The molecule has 1 aliphatic rings. The molecule has 0 N–H and O–H groups in total. The molecule has 0 saturated carbocycles. The molecule has 0 bridgehead atoms. The number of carbonyl (C=O) groups is 1. The summed E-state index contributed by atoms with van der Waals surface area (Å²) in [6.45, 7) is 2.49. The number of thiophene rings is 1. The molecule has 0 aliphatic heterocycles. The zero-order valence-corrected chi connectivity index (χ0v) is 14.5. The van der Waals surface area contributed by atoms with E-state index in [2.05, 4.69) is 17.2 Å². The van der Waals surface area contributed by atoms with Gasteiger partial charge in [-0.3, -0.25) is 4.79 Å². The fourth-order valence-corrected chi connectivity index (χ4v) is 4.63. The minimum atomic E-state index is -1.22. The number of hydrogen-bond donors (Lipinski definition) is 0. The summed E-state index contributed by atoms with van der Waals surface area (Å²) in [6, 6.07) is 6.26. The number of carbonyl (C=O) groups excluding carboxylic acids is 1. The average molecular weight is 354 g/mol. The van der Waals surface area contributed by atoms with Crippen LogP contribution in [0, 0.1) is 5.92 Å². The smallest absolute Gasteiger partial charge is 0.279 e. The first-order chi connectivity index (χ1) is 12.0. The Bertz CT molecular complexity index is 1020. The van der Waals surface area contributed by atoms with Crippen LogP contribution in [0.5, 0.6) is 0 Å². The van der Waals surface area contributed by atoms with Gasteiger partial charge in [-0.15, -0.1) is 16.4 Å². The Morgan fingerprint density at radius 2 is 2.12 bits per heavy atom. The van der Waals surface area contributed by atoms with Crippen LogP contribution >= 0.6 is 11.3 Å². The third-order valence-corrected chi connectivity index (χ3v) is 5.85. The van der Waals surface area contributed by atoms with Gasteiger partial charge in [0.2, 0.25) is 0 Å². The molecule has 2 aromatic heterocycles. The van der Waals surface area contributed by atoms with Crippen LogP contribution in [0.15, 0.2) is 29.1 Å². The van der Waals surface area contributed by atoms with Crippen LogP contribution in [0.4, 0.5) is 0 Å². The molecule has 0 spiro atoms. The maximum absolute atomic E-state index is 12.9. The van der Waals surface area contributed by atoms with Crippen molar-refractivity contribution in [3.8, 4) is 0 Å². The van der Waals surface area contributed by atoms with Crippen molar-refractivity contribution in [3.63, 3.8) is 0 Å². The highest BCUT2D eigenvalue weighted by Crippen LogP contribution is 2.35. The van der Waals surface area contributed by atoms with E-state index in [1.807, 2.05) is 0 Å². The second-order valence-electron chi connectivity index (χ2n) is 6.57. The first-order valence-corrected chi connectivity index (χ1v) is 9.03. The third-order valence-electron chi connectivity index (χ3n) is 4.71. The number of aromatic carboxylic acids is 1. The molecule has 6 nitrogen and oxygen atoms in total. The molecule has 2 heterocycles. The number of hydrogen-bond acceptors (Lipinski definition) is 6. The Balaban J connectivity index is 1.72. The van der Waals surface area contributed by atoms with E-state index < -0.39 is 5.97 Å². The summed E-state index contributed by atoms with van der Waals surface area (Å²) in [5.74, 6) is -0.581. The number of benzene rings is 1. The molecule has 1 aliphatic carbocycles. The van der Waals surface area contributed by atoms with Gasteiger partial charge in [0.15, 0.2) is 4.83 Å². The maximum Gasteiger partial charge on any atom is 0.279 e. The Hall–Kier alpha value is -2.54. The largest absolute Gasteiger partial charge is 0.545 e. The van der Waals surface area contributed by atoms with Gasteiger partial charge < -0.3 is 9.90 Å². The monoisotopic (exact) mass is 354 g/mol. The van der Waals surface area contributed by atoms with E-state index in [-0.39, 0.29) is 17.7 Å². The molecule has 1 atom stereocenters. The summed E-state index contributed by atoms with van der Waals surface area (Å²) in [7, 11) is 0. The Morgan fingerprint density at radius 3 is 2.84 bits per heavy atom. The van der Waals surface area contributed by atoms with Gasteiger partial charge in [0.05, 0.1) is 17.9 Å². The van der Waals surface area contributed by atoms with Crippen LogP contribution in [-0.2, 0) is 19.4 Å². The molecule has 7 heteroatoms. The summed E-state index contributed by atoms with van der Waals surface area (Å²) in [5, 5.41) is 19.8. The summed E-state index contributed by atoms with van der Waals surface area (Å²) < 4.78 is 1.35. The molecular formula is C18H16N3O3S-. The van der Waals surface area contributed by atoms with E-state index in [0.29, 0.717) is 16.1 Å². The van der Waals surface area contributed by atoms with Crippen molar-refractivity contribution < 1.29 is 9.90 Å². The van der Waals surface area contributed by atoms with Gasteiger partial charge >= 0.3 is 0 Å². The van der Waals surface area contributed by atoms with Gasteiger partial charge in [-0.1, -0.05) is 36.4 Å². The molecule has 1 aromatic carbocycles. The summed E-state index contributed by atoms with van der Waals surface area (Å²) >= 11 is 1.58. The number of aromatic nitrogens is 3. The van der Waals surface area contributed by atoms with Gasteiger partial charge in [-0.25, -0.2) is 4.68 Å². The van der Waals surface area contributed by atoms with Gasteiger partial charge in [-0.05, 0) is 41.9 Å². The van der Waals surface area contributed by atoms with Crippen LogP contribution in [0.25, 0.3) is 10.2 Å². The van der Waals surface area contributed by atoms with E-state index in [4.69, 9.17) is 0 Å². The SMILES string of the molecule is C[C@H]1CCc2c(sc3nnn(Cc4ccc(C(=O)[O-])cc4)c(=O)c23)C1. The van der Waals surface area contributed by atoms with Gasteiger partial charge in [-0.2, -0.15) is 0 Å². The molecule has 0 fully saturated rings. The zero-order chi connectivity index (χ0) is 17.6. The van der Waals surface area contributed by atoms with Gasteiger partial charge in [0.25, 0.3) is 5.56 Å². The number of carboxylic acid groups (broad SMARTS) is 1. The van der Waals surface area contributed by atoms with Crippen LogP contribution in [0.2, 0.25) is 0 Å². The lowest BCUT2D eigenvalue weighted by atomic mass is 9.89. The standard InChI is InChI=1S/C18H17N3O3S/c1-10-2-7-13-14(8-10)25-16-15(13)17(22)21(20-19-16)9-11-3-5-12(6-4-11)18(23)24/h3-6,10H,2,7-9H2,1H3,(H,23,24)/p-1/t10-/m0/s1. The van der Waals surface area contributed by atoms with Crippen molar-refractivity contribution in [3.05, 3.63) is 56.2 Å². The molecule has 25 heavy (non-hydrogen) atoms. The predicted molar refractivity (Wildman–Crippen MR) is 92.7 cm³/mol. The second-order valence-corrected chi connectivity index (χ2v) is 7.65. The summed E-state index contributed by atoms with van der Waals surface area (Å²) in [6.07, 6.45) is 3.00. The minimum absolute atomic E-state index is 0.110. The fourth-order valence-electron chi connectivity index (χ4n) is 3.31. The molecule has 0 unspecified atom stereocenters. The Kier molecular flexibility index (Phi) is 3.88. The fraction of sp³-hybridized carbons (Fsp3) is 0.333. The van der Waals surface area contributed by atoms with Crippen molar-refractivity contribution in [2.75, 3.05) is 0 Å². The van der Waals surface area contributed by atoms with Crippen LogP contribution < -0.4 is 10.7 Å². The average Bonchev–Trinajstić information content (AvgIpc) is 2.96. The highest BCUT2D eigenvalue weighted by Gasteiger charge is 2.23. The summed E-state index contributed by atoms with van der Waals surface area (Å²) in [4.78, 5) is 25.7. The normalized spacial score (nSPS) is 16.8. The molecule has 0 radical (unpaired) electrons. The first-order valence-electron chi connectivity index (χ1n) is 8.21. The van der Waals surface area contributed by atoms with Gasteiger partial charge in [0.1, 0.15) is 0 Å². The number of rotatable bonds is 3. The van der Waals surface area contributed by atoms with Crippen molar-refractivity contribution >= 4 is 27.5 Å².